The summed E-state index contributed by atoms with van der Waals surface area (Å²) in [6.45, 7) is 0. The number of methoxy groups -OCH3 is 1. The second-order valence-corrected chi connectivity index (χ2v) is 3.57. The fourth-order valence-electron chi connectivity index (χ4n) is 1.21. The van der Waals surface area contributed by atoms with Crippen LogP contribution >= 0.6 is 11.6 Å². The topological polar surface area (TPSA) is 63.6 Å². The van der Waals surface area contributed by atoms with Gasteiger partial charge in [0.05, 0.1) is 24.1 Å². The van der Waals surface area contributed by atoms with E-state index in [2.05, 4.69) is 4.74 Å². The number of aromatic carboxylic acids is 1. The largest absolute Gasteiger partial charge is 0.478 e. The molecule has 4 nitrogen and oxygen atoms in total. The number of benzene rings is 1. The Labute approximate surface area is 103 Å². The van der Waals surface area contributed by atoms with Crippen LogP contribution in [0.5, 0.6) is 0 Å². The number of carboxylic acid groups (broad SMARTS) is 1. The molecule has 0 aliphatic rings. The van der Waals surface area contributed by atoms with Gasteiger partial charge in [0.25, 0.3) is 0 Å². The molecule has 0 amide bonds. The van der Waals surface area contributed by atoms with E-state index in [0.29, 0.717) is 5.56 Å². The summed E-state index contributed by atoms with van der Waals surface area (Å²) in [6.07, 6.45) is 3.27. The Morgan fingerprint density at radius 2 is 2.18 bits per heavy atom. The van der Waals surface area contributed by atoms with E-state index in [9.17, 15) is 9.59 Å². The maximum Gasteiger partial charge on any atom is 0.337 e. The zero-order chi connectivity index (χ0) is 12.8. The molecule has 1 N–H and O–H groups in total. The molecule has 90 valence electrons. The van der Waals surface area contributed by atoms with Crippen LogP contribution in [-0.4, -0.2) is 24.2 Å². The van der Waals surface area contributed by atoms with Gasteiger partial charge in [-0.1, -0.05) is 35.9 Å². The summed E-state index contributed by atoms with van der Waals surface area (Å²) in [4.78, 5) is 21.7. The smallest absolute Gasteiger partial charge is 0.337 e. The third-order valence-electron chi connectivity index (χ3n) is 2.07. The monoisotopic (exact) mass is 254 g/mol. The molecule has 1 aromatic carbocycles. The van der Waals surface area contributed by atoms with Crippen LogP contribution in [0.1, 0.15) is 22.3 Å². The summed E-state index contributed by atoms with van der Waals surface area (Å²) >= 11 is 5.90. The number of carboxylic acids is 1. The molecular weight excluding hydrogens is 244 g/mol. The van der Waals surface area contributed by atoms with Crippen LogP contribution in [-0.2, 0) is 9.53 Å². The number of carbonyl (C=O) groups excluding carboxylic acids is 1. The second kappa shape index (κ2) is 6.06. The molecule has 0 saturated heterocycles. The van der Waals surface area contributed by atoms with Crippen molar-refractivity contribution in [1.29, 1.82) is 0 Å². The van der Waals surface area contributed by atoms with E-state index in [4.69, 9.17) is 16.7 Å². The van der Waals surface area contributed by atoms with Gasteiger partial charge in [0.2, 0.25) is 0 Å². The highest BCUT2D eigenvalue weighted by Crippen LogP contribution is 2.22. The first-order valence-corrected chi connectivity index (χ1v) is 5.19. The molecule has 0 bridgehead atoms. The molecule has 0 aliphatic heterocycles. The van der Waals surface area contributed by atoms with Gasteiger partial charge in [-0.15, -0.1) is 0 Å². The summed E-state index contributed by atoms with van der Waals surface area (Å²) in [7, 11) is 1.30. The lowest BCUT2D eigenvalue weighted by molar-refractivity contribution is -0.139. The zero-order valence-electron chi connectivity index (χ0n) is 9.14. The molecule has 0 atom stereocenters. The lowest BCUT2D eigenvalue weighted by Crippen LogP contribution is -1.98. The van der Waals surface area contributed by atoms with E-state index in [-0.39, 0.29) is 23.0 Å². The Balaban J connectivity index is 2.89. The Kier molecular flexibility index (Phi) is 4.72. The summed E-state index contributed by atoms with van der Waals surface area (Å²) < 4.78 is 4.46. The van der Waals surface area contributed by atoms with Crippen molar-refractivity contribution >= 4 is 29.6 Å². The molecular formula is C12H11ClO4. The summed E-state index contributed by atoms with van der Waals surface area (Å²) in [6, 6.07) is 4.68. The average molecular weight is 255 g/mol. The molecule has 0 aromatic heterocycles. The average Bonchev–Trinajstić information content (AvgIpc) is 2.30. The van der Waals surface area contributed by atoms with Crippen molar-refractivity contribution in [2.45, 2.75) is 6.42 Å². The molecule has 0 saturated carbocycles. The number of rotatable bonds is 4. The highest BCUT2D eigenvalue weighted by molar-refractivity contribution is 6.34. The summed E-state index contributed by atoms with van der Waals surface area (Å²) in [5, 5.41) is 9.01. The SMILES string of the molecule is COC(=O)CC=Cc1cccc(C(=O)O)c1Cl. The predicted octanol–water partition coefficient (Wildman–Crippen LogP) is 2.61. The van der Waals surface area contributed by atoms with Crippen LogP contribution in [0.2, 0.25) is 5.02 Å². The Hall–Kier alpha value is -1.81. The van der Waals surface area contributed by atoms with Crippen LogP contribution < -0.4 is 0 Å². The van der Waals surface area contributed by atoms with Crippen molar-refractivity contribution in [1.82, 2.24) is 0 Å². The number of hydrogen-bond acceptors (Lipinski definition) is 3. The molecule has 0 heterocycles. The summed E-state index contributed by atoms with van der Waals surface area (Å²) in [5.74, 6) is -1.45. The molecule has 0 radical (unpaired) electrons. The van der Waals surface area contributed by atoms with Crippen LogP contribution in [0.3, 0.4) is 0 Å². The highest BCUT2D eigenvalue weighted by Gasteiger charge is 2.10. The van der Waals surface area contributed by atoms with E-state index in [0.717, 1.165) is 0 Å². The van der Waals surface area contributed by atoms with Gasteiger partial charge in [-0.25, -0.2) is 4.79 Å². The first kappa shape index (κ1) is 13.3. The molecule has 0 spiro atoms. The van der Waals surface area contributed by atoms with Crippen molar-refractivity contribution in [2.75, 3.05) is 7.11 Å². The standard InChI is InChI=1S/C12H11ClO4/c1-17-10(14)7-3-5-8-4-2-6-9(11(8)13)12(15)16/h2-6H,7H2,1H3,(H,15,16). The first-order chi connectivity index (χ1) is 8.06. The minimum atomic E-state index is -1.08. The minimum absolute atomic E-state index is 0.0342. The highest BCUT2D eigenvalue weighted by atomic mass is 35.5. The maximum absolute atomic E-state index is 10.9. The Morgan fingerprint density at radius 1 is 1.47 bits per heavy atom. The molecule has 0 unspecified atom stereocenters. The number of ether oxygens (including phenoxy) is 1. The van der Waals surface area contributed by atoms with Crippen LogP contribution in [0.15, 0.2) is 24.3 Å². The molecule has 1 aromatic rings. The minimum Gasteiger partial charge on any atom is -0.478 e. The van der Waals surface area contributed by atoms with E-state index in [1.54, 1.807) is 24.3 Å². The van der Waals surface area contributed by atoms with Gasteiger partial charge in [0.1, 0.15) is 0 Å². The maximum atomic E-state index is 10.9. The van der Waals surface area contributed by atoms with Crippen molar-refractivity contribution < 1.29 is 19.4 Å². The van der Waals surface area contributed by atoms with Gasteiger partial charge in [0, 0.05) is 0 Å². The number of hydrogen-bond donors (Lipinski definition) is 1. The van der Waals surface area contributed by atoms with Crippen molar-refractivity contribution in [3.8, 4) is 0 Å². The van der Waals surface area contributed by atoms with Gasteiger partial charge in [-0.2, -0.15) is 0 Å². The van der Waals surface area contributed by atoms with Gasteiger partial charge >= 0.3 is 11.9 Å². The van der Waals surface area contributed by atoms with Crippen LogP contribution in [0, 0.1) is 0 Å². The Bertz CT molecular complexity index is 466. The molecule has 17 heavy (non-hydrogen) atoms. The van der Waals surface area contributed by atoms with Crippen molar-refractivity contribution in [2.24, 2.45) is 0 Å². The van der Waals surface area contributed by atoms with Crippen LogP contribution in [0.4, 0.5) is 0 Å². The van der Waals surface area contributed by atoms with E-state index in [1.807, 2.05) is 0 Å². The van der Waals surface area contributed by atoms with Gasteiger partial charge in [0.15, 0.2) is 0 Å². The fourth-order valence-corrected chi connectivity index (χ4v) is 1.48. The fraction of sp³-hybridized carbons (Fsp3) is 0.167. The van der Waals surface area contributed by atoms with Crippen LogP contribution in [0.25, 0.3) is 6.08 Å². The lowest BCUT2D eigenvalue weighted by atomic mass is 10.1. The van der Waals surface area contributed by atoms with Gasteiger partial charge < -0.3 is 9.84 Å². The van der Waals surface area contributed by atoms with Gasteiger partial charge in [-0.3, -0.25) is 4.79 Å². The molecule has 0 fully saturated rings. The lowest BCUT2D eigenvalue weighted by Gasteiger charge is -2.02. The number of carbonyl (C=O) groups is 2. The molecule has 1 rings (SSSR count). The van der Waals surface area contributed by atoms with E-state index >= 15 is 0 Å². The third-order valence-corrected chi connectivity index (χ3v) is 2.49. The third kappa shape index (κ3) is 3.60. The zero-order valence-corrected chi connectivity index (χ0v) is 9.90. The first-order valence-electron chi connectivity index (χ1n) is 4.81. The number of halogens is 1. The summed E-state index contributed by atoms with van der Waals surface area (Å²) in [5.41, 5.74) is 0.586. The predicted molar refractivity (Wildman–Crippen MR) is 64.1 cm³/mol. The number of esters is 1. The normalized spacial score (nSPS) is 10.5. The molecule has 5 heteroatoms. The van der Waals surface area contributed by atoms with Crippen molar-refractivity contribution in [3.63, 3.8) is 0 Å². The van der Waals surface area contributed by atoms with E-state index < -0.39 is 5.97 Å². The quantitative estimate of drug-likeness (QED) is 0.839. The Morgan fingerprint density at radius 3 is 2.76 bits per heavy atom. The molecule has 0 aliphatic carbocycles. The van der Waals surface area contributed by atoms with Crippen molar-refractivity contribution in [3.05, 3.63) is 40.4 Å². The van der Waals surface area contributed by atoms with Gasteiger partial charge in [-0.05, 0) is 11.6 Å². The van der Waals surface area contributed by atoms with E-state index in [1.165, 1.54) is 13.2 Å². The second-order valence-electron chi connectivity index (χ2n) is 3.20.